The molecule has 0 amide bonds. The van der Waals surface area contributed by atoms with Crippen molar-refractivity contribution in [3.05, 3.63) is 16.1 Å². The molecule has 5 nitrogen and oxygen atoms in total. The van der Waals surface area contributed by atoms with Crippen molar-refractivity contribution in [1.82, 2.24) is 20.1 Å². The molecule has 1 unspecified atom stereocenters. The number of nitrogens with one attached hydrogen (secondary N) is 1. The minimum atomic E-state index is -4.38. The second-order valence-corrected chi connectivity index (χ2v) is 7.58. The summed E-state index contributed by atoms with van der Waals surface area (Å²) in [5, 5.41) is 4.62. The van der Waals surface area contributed by atoms with Crippen molar-refractivity contribution in [1.29, 1.82) is 0 Å². The highest BCUT2D eigenvalue weighted by Gasteiger charge is 2.33. The first-order valence-corrected chi connectivity index (χ1v) is 9.53. The van der Waals surface area contributed by atoms with Gasteiger partial charge in [-0.25, -0.2) is 4.98 Å². The van der Waals surface area contributed by atoms with Gasteiger partial charge in [0.1, 0.15) is 5.01 Å². The molecular formula is C16H25F3IN5S. The fourth-order valence-corrected chi connectivity index (χ4v) is 4.25. The van der Waals surface area contributed by atoms with Gasteiger partial charge in [-0.05, 0) is 38.3 Å². The summed E-state index contributed by atoms with van der Waals surface area (Å²) in [5.74, 6) is 1.38. The first-order valence-electron chi connectivity index (χ1n) is 8.65. The molecule has 2 fully saturated rings. The van der Waals surface area contributed by atoms with E-state index in [1.807, 2.05) is 0 Å². The van der Waals surface area contributed by atoms with E-state index in [2.05, 4.69) is 25.1 Å². The van der Waals surface area contributed by atoms with Crippen LogP contribution < -0.4 is 5.32 Å². The Morgan fingerprint density at radius 3 is 2.69 bits per heavy atom. The van der Waals surface area contributed by atoms with E-state index in [1.54, 1.807) is 7.05 Å². The van der Waals surface area contributed by atoms with E-state index >= 15 is 0 Å². The molecule has 10 heteroatoms. The topological polar surface area (TPSA) is 43.8 Å². The Morgan fingerprint density at radius 2 is 2.08 bits per heavy atom. The lowest BCUT2D eigenvalue weighted by Crippen LogP contribution is -2.40. The molecule has 3 heterocycles. The number of nitrogens with zero attached hydrogens (tertiary/aromatic N) is 4. The Bertz CT molecular complexity index is 601. The van der Waals surface area contributed by atoms with Crippen molar-refractivity contribution in [3.8, 4) is 0 Å². The van der Waals surface area contributed by atoms with Crippen molar-refractivity contribution in [2.75, 3.05) is 39.8 Å². The molecule has 0 saturated carbocycles. The molecule has 0 radical (unpaired) electrons. The number of halogens is 4. The van der Waals surface area contributed by atoms with E-state index in [0.717, 1.165) is 48.7 Å². The van der Waals surface area contributed by atoms with Crippen molar-refractivity contribution in [3.63, 3.8) is 0 Å². The van der Waals surface area contributed by atoms with Crippen LogP contribution >= 0.6 is 35.3 Å². The van der Waals surface area contributed by atoms with Gasteiger partial charge in [-0.3, -0.25) is 4.99 Å². The minimum absolute atomic E-state index is 0. The van der Waals surface area contributed by atoms with Gasteiger partial charge in [0.2, 0.25) is 0 Å². The Morgan fingerprint density at radius 1 is 1.35 bits per heavy atom. The van der Waals surface area contributed by atoms with E-state index < -0.39 is 11.9 Å². The zero-order valence-electron chi connectivity index (χ0n) is 14.8. The van der Waals surface area contributed by atoms with Gasteiger partial charge in [-0.1, -0.05) is 0 Å². The summed E-state index contributed by atoms with van der Waals surface area (Å²) < 4.78 is 37.8. The van der Waals surface area contributed by atoms with Crippen LogP contribution in [0.1, 0.15) is 30.0 Å². The molecule has 0 bridgehead atoms. The average Bonchev–Trinajstić information content (AvgIpc) is 3.29. The maximum absolute atomic E-state index is 12.6. The first-order chi connectivity index (χ1) is 12.0. The van der Waals surface area contributed by atoms with E-state index in [1.165, 1.54) is 25.9 Å². The number of likely N-dealkylation sites (tertiary alicyclic amines) is 2. The molecule has 26 heavy (non-hydrogen) atoms. The summed E-state index contributed by atoms with van der Waals surface area (Å²) in [6.07, 6.45) is -0.651. The maximum atomic E-state index is 12.6. The van der Waals surface area contributed by atoms with Gasteiger partial charge in [0.25, 0.3) is 0 Å². The number of hydrogen-bond donors (Lipinski definition) is 1. The SMILES string of the molecule is CN=C(NCc1nc(C(F)(F)F)cs1)N1CCC(CN2CCCC2)C1.I. The standard InChI is InChI=1S/C16H24F3N5S.HI/c1-20-15(21-8-14-22-13(11-25-14)16(17,18)19)24-7-4-12(10-24)9-23-5-2-3-6-23;/h11-12H,2-10H2,1H3,(H,20,21);1H. The van der Waals surface area contributed by atoms with Gasteiger partial charge in [0.05, 0.1) is 6.54 Å². The molecule has 1 aromatic rings. The molecule has 0 spiro atoms. The molecule has 2 aliphatic heterocycles. The third-order valence-electron chi connectivity index (χ3n) is 4.75. The molecule has 2 saturated heterocycles. The van der Waals surface area contributed by atoms with Crippen molar-refractivity contribution in [2.45, 2.75) is 32.0 Å². The number of aromatic nitrogens is 1. The van der Waals surface area contributed by atoms with E-state index in [9.17, 15) is 13.2 Å². The van der Waals surface area contributed by atoms with Gasteiger partial charge >= 0.3 is 6.18 Å². The van der Waals surface area contributed by atoms with Crippen molar-refractivity contribution >= 4 is 41.3 Å². The molecule has 3 rings (SSSR count). The second-order valence-electron chi connectivity index (χ2n) is 6.63. The van der Waals surface area contributed by atoms with Crippen LogP contribution in [0.2, 0.25) is 0 Å². The monoisotopic (exact) mass is 503 g/mol. The Labute approximate surface area is 173 Å². The molecule has 1 atom stereocenters. The van der Waals surface area contributed by atoms with Crippen LogP contribution in [0.3, 0.4) is 0 Å². The second kappa shape index (κ2) is 9.54. The number of guanidine groups is 1. The van der Waals surface area contributed by atoms with E-state index in [4.69, 9.17) is 0 Å². The Balaban J connectivity index is 0.00000243. The minimum Gasteiger partial charge on any atom is -0.350 e. The van der Waals surface area contributed by atoms with Crippen molar-refractivity contribution in [2.24, 2.45) is 10.9 Å². The first kappa shape index (κ1) is 21.7. The van der Waals surface area contributed by atoms with Gasteiger partial charge in [0, 0.05) is 32.1 Å². The van der Waals surface area contributed by atoms with Crippen LogP contribution in [-0.4, -0.2) is 60.5 Å². The number of thiazole rings is 1. The van der Waals surface area contributed by atoms with Gasteiger partial charge in [0.15, 0.2) is 11.7 Å². The van der Waals surface area contributed by atoms with Crippen LogP contribution in [-0.2, 0) is 12.7 Å². The lowest BCUT2D eigenvalue weighted by atomic mass is 10.1. The quantitative estimate of drug-likeness (QED) is 0.389. The highest BCUT2D eigenvalue weighted by molar-refractivity contribution is 14.0. The van der Waals surface area contributed by atoms with Crippen LogP contribution in [0.15, 0.2) is 10.4 Å². The normalized spacial score (nSPS) is 21.9. The fourth-order valence-electron chi connectivity index (χ4n) is 3.51. The zero-order valence-corrected chi connectivity index (χ0v) is 17.9. The summed E-state index contributed by atoms with van der Waals surface area (Å²) >= 11 is 1.02. The predicted molar refractivity (Wildman–Crippen MR) is 108 cm³/mol. The summed E-state index contributed by atoms with van der Waals surface area (Å²) in [6.45, 7) is 5.69. The average molecular weight is 503 g/mol. The predicted octanol–water partition coefficient (Wildman–Crippen LogP) is 3.27. The van der Waals surface area contributed by atoms with Gasteiger partial charge < -0.3 is 15.1 Å². The highest BCUT2D eigenvalue weighted by atomic mass is 127. The Hall–Kier alpha value is -0.620. The van der Waals surface area contributed by atoms with Crippen LogP contribution in [0, 0.1) is 5.92 Å². The maximum Gasteiger partial charge on any atom is 0.434 e. The third-order valence-corrected chi connectivity index (χ3v) is 5.60. The summed E-state index contributed by atoms with van der Waals surface area (Å²) in [6, 6.07) is 0. The van der Waals surface area contributed by atoms with Crippen LogP contribution in [0.5, 0.6) is 0 Å². The number of rotatable bonds is 4. The van der Waals surface area contributed by atoms with Gasteiger partial charge in [-0.2, -0.15) is 13.2 Å². The van der Waals surface area contributed by atoms with Crippen LogP contribution in [0.4, 0.5) is 13.2 Å². The molecule has 1 aromatic heterocycles. The van der Waals surface area contributed by atoms with Gasteiger partial charge in [-0.15, -0.1) is 35.3 Å². The smallest absolute Gasteiger partial charge is 0.350 e. The number of aliphatic imine (C=N–C) groups is 1. The number of hydrogen-bond acceptors (Lipinski definition) is 4. The third kappa shape index (κ3) is 5.69. The molecule has 148 valence electrons. The molecule has 0 aliphatic carbocycles. The lowest BCUT2D eigenvalue weighted by molar-refractivity contribution is -0.140. The Kier molecular flexibility index (Phi) is 7.95. The largest absolute Gasteiger partial charge is 0.434 e. The van der Waals surface area contributed by atoms with E-state index in [0.29, 0.717) is 10.9 Å². The van der Waals surface area contributed by atoms with E-state index in [-0.39, 0.29) is 30.5 Å². The number of alkyl halides is 3. The van der Waals surface area contributed by atoms with Crippen molar-refractivity contribution < 1.29 is 13.2 Å². The zero-order chi connectivity index (χ0) is 17.9. The highest BCUT2D eigenvalue weighted by Crippen LogP contribution is 2.30. The fraction of sp³-hybridized carbons (Fsp3) is 0.750. The summed E-state index contributed by atoms with van der Waals surface area (Å²) in [4.78, 5) is 12.6. The lowest BCUT2D eigenvalue weighted by Gasteiger charge is -2.23. The molecular weight excluding hydrogens is 478 g/mol. The van der Waals surface area contributed by atoms with Crippen LogP contribution in [0.25, 0.3) is 0 Å². The molecule has 2 aliphatic rings. The molecule has 0 aromatic carbocycles. The summed E-state index contributed by atoms with van der Waals surface area (Å²) in [7, 11) is 1.71. The molecule has 1 N–H and O–H groups in total. The summed E-state index contributed by atoms with van der Waals surface area (Å²) in [5.41, 5.74) is -0.823.